The minimum Gasteiger partial charge on any atom is -0.480 e. The smallest absolute Gasteiger partial charge is 0.318 e. The second-order valence-electron chi connectivity index (χ2n) is 6.27. The fourth-order valence-electron chi connectivity index (χ4n) is 2.64. The number of morpholine rings is 1. The van der Waals surface area contributed by atoms with Gasteiger partial charge in [0.05, 0.1) is 25.4 Å². The van der Waals surface area contributed by atoms with E-state index < -0.39 is 28.6 Å². The zero-order valence-corrected chi connectivity index (χ0v) is 15.6. The molecule has 0 aliphatic carbocycles. The summed E-state index contributed by atoms with van der Waals surface area (Å²) in [5.41, 5.74) is 1.67. The number of carboxylic acids is 1. The van der Waals surface area contributed by atoms with E-state index in [0.29, 0.717) is 6.54 Å². The van der Waals surface area contributed by atoms with Crippen LogP contribution in [0.3, 0.4) is 0 Å². The van der Waals surface area contributed by atoms with Gasteiger partial charge in [-0.2, -0.15) is 4.31 Å². The summed E-state index contributed by atoms with van der Waals surface area (Å²) in [4.78, 5) is 29.1. The maximum atomic E-state index is 12.5. The molecular weight excluding hydrogens is 362 g/mol. The Balaban J connectivity index is 1.97. The van der Waals surface area contributed by atoms with Gasteiger partial charge in [0.2, 0.25) is 15.9 Å². The van der Waals surface area contributed by atoms with E-state index in [4.69, 9.17) is 9.84 Å². The third kappa shape index (κ3) is 6.04. The molecule has 0 radical (unpaired) electrons. The molecule has 0 unspecified atom stereocenters. The van der Waals surface area contributed by atoms with Crippen LogP contribution in [0, 0.1) is 6.92 Å². The minimum atomic E-state index is -3.69. The monoisotopic (exact) mass is 385 g/mol. The highest BCUT2D eigenvalue weighted by molar-refractivity contribution is 7.88. The summed E-state index contributed by atoms with van der Waals surface area (Å²) in [5.74, 6) is -1.35. The highest BCUT2D eigenvalue weighted by Crippen LogP contribution is 2.12. The van der Waals surface area contributed by atoms with E-state index in [1.54, 1.807) is 11.1 Å². The first-order valence-corrected chi connectivity index (χ1v) is 9.98. The second kappa shape index (κ2) is 8.56. The summed E-state index contributed by atoms with van der Waals surface area (Å²) in [5, 5.41) is 8.88. The summed E-state index contributed by atoms with van der Waals surface area (Å²) in [7, 11) is -3.69. The van der Waals surface area contributed by atoms with Crippen molar-refractivity contribution in [2.45, 2.75) is 19.4 Å². The largest absolute Gasteiger partial charge is 0.480 e. The fraction of sp³-hybridized carbons (Fsp3) is 0.562. The van der Waals surface area contributed by atoms with Crippen LogP contribution in [0.15, 0.2) is 18.3 Å². The molecular formula is C16H23N3O6S. The van der Waals surface area contributed by atoms with Gasteiger partial charge >= 0.3 is 5.97 Å². The molecule has 1 N–H and O–H groups in total. The number of aryl methyl sites for hydroxylation is 1. The Labute approximate surface area is 152 Å². The molecule has 1 aliphatic rings. The van der Waals surface area contributed by atoms with Crippen molar-refractivity contribution in [3.8, 4) is 0 Å². The molecule has 1 saturated heterocycles. The van der Waals surface area contributed by atoms with Gasteiger partial charge in [-0.05, 0) is 18.6 Å². The van der Waals surface area contributed by atoms with Gasteiger partial charge in [-0.25, -0.2) is 8.42 Å². The van der Waals surface area contributed by atoms with Crippen LogP contribution in [0.2, 0.25) is 0 Å². The third-order valence-electron chi connectivity index (χ3n) is 4.01. The molecule has 1 aromatic heterocycles. The molecule has 0 spiro atoms. The Kier molecular flexibility index (Phi) is 6.68. The van der Waals surface area contributed by atoms with Crippen LogP contribution in [0.1, 0.15) is 11.3 Å². The zero-order valence-electron chi connectivity index (χ0n) is 14.8. The van der Waals surface area contributed by atoms with Crippen LogP contribution in [0.25, 0.3) is 0 Å². The lowest BCUT2D eigenvalue weighted by molar-refractivity contribution is -0.140. The molecule has 1 aromatic rings. The highest BCUT2D eigenvalue weighted by atomic mass is 32.2. The molecule has 0 bridgehead atoms. The van der Waals surface area contributed by atoms with Crippen molar-refractivity contribution in [1.29, 1.82) is 0 Å². The van der Waals surface area contributed by atoms with Crippen molar-refractivity contribution in [3.05, 3.63) is 29.6 Å². The normalized spacial score (nSPS) is 18.1. The molecule has 0 aromatic carbocycles. The number of aliphatic carboxylic acids is 1. The van der Waals surface area contributed by atoms with Gasteiger partial charge in [0.1, 0.15) is 6.54 Å². The Hall–Kier alpha value is -2.04. The van der Waals surface area contributed by atoms with Gasteiger partial charge in [-0.15, -0.1) is 0 Å². The highest BCUT2D eigenvalue weighted by Gasteiger charge is 2.29. The summed E-state index contributed by atoms with van der Waals surface area (Å²) < 4.78 is 29.9. The van der Waals surface area contributed by atoms with Crippen molar-refractivity contribution >= 4 is 21.9 Å². The van der Waals surface area contributed by atoms with Crippen LogP contribution < -0.4 is 0 Å². The summed E-state index contributed by atoms with van der Waals surface area (Å²) >= 11 is 0. The quantitative estimate of drug-likeness (QED) is 0.673. The van der Waals surface area contributed by atoms with Gasteiger partial charge in [0.15, 0.2) is 0 Å². The van der Waals surface area contributed by atoms with Crippen LogP contribution >= 0.6 is 0 Å². The molecule has 0 saturated carbocycles. The number of sulfonamides is 1. The number of carbonyl (C=O) groups excluding carboxylic acids is 1. The van der Waals surface area contributed by atoms with Gasteiger partial charge in [0, 0.05) is 31.5 Å². The Morgan fingerprint density at radius 1 is 1.42 bits per heavy atom. The van der Waals surface area contributed by atoms with E-state index in [1.165, 1.54) is 0 Å². The molecule has 2 heterocycles. The van der Waals surface area contributed by atoms with Crippen molar-refractivity contribution in [2.75, 3.05) is 39.0 Å². The summed E-state index contributed by atoms with van der Waals surface area (Å²) in [6.45, 7) is 2.01. The molecule has 10 heteroatoms. The molecule has 144 valence electrons. The molecule has 2 rings (SSSR count). The van der Waals surface area contributed by atoms with Gasteiger partial charge in [-0.3, -0.25) is 14.6 Å². The number of pyridine rings is 1. The van der Waals surface area contributed by atoms with E-state index in [-0.39, 0.29) is 32.0 Å². The van der Waals surface area contributed by atoms with Crippen molar-refractivity contribution in [1.82, 2.24) is 14.2 Å². The van der Waals surface area contributed by atoms with Crippen molar-refractivity contribution in [3.63, 3.8) is 0 Å². The number of hydrogen-bond donors (Lipinski definition) is 1. The molecule has 1 fully saturated rings. The predicted molar refractivity (Wildman–Crippen MR) is 93.1 cm³/mol. The van der Waals surface area contributed by atoms with Crippen LogP contribution in [-0.4, -0.2) is 84.7 Å². The molecule has 1 aliphatic heterocycles. The predicted octanol–water partition coefficient (Wildman–Crippen LogP) is -0.494. The number of carbonyl (C=O) groups is 2. The lowest BCUT2D eigenvalue weighted by atomic mass is 10.1. The molecule has 9 nitrogen and oxygen atoms in total. The molecule has 26 heavy (non-hydrogen) atoms. The van der Waals surface area contributed by atoms with Crippen LogP contribution in [0.5, 0.6) is 0 Å². The third-order valence-corrected chi connectivity index (χ3v) is 5.22. The Morgan fingerprint density at radius 2 is 2.15 bits per heavy atom. The minimum absolute atomic E-state index is 0.104. The standard InChI is InChI=1S/C16H23N3O6S/c1-12-3-4-13(8-17-12)7-15(20)18-5-6-25-14(9-18)10-19(11-16(21)22)26(2,23)24/h3-4,8,14H,5-7,9-11H2,1-2H3,(H,21,22)/t14-/m0/s1. The Morgan fingerprint density at radius 3 is 2.73 bits per heavy atom. The number of hydrogen-bond acceptors (Lipinski definition) is 6. The number of carboxylic acid groups (broad SMARTS) is 1. The first-order chi connectivity index (χ1) is 12.1. The van der Waals surface area contributed by atoms with Crippen LogP contribution in [0.4, 0.5) is 0 Å². The van der Waals surface area contributed by atoms with E-state index in [0.717, 1.165) is 21.8 Å². The lowest BCUT2D eigenvalue weighted by Gasteiger charge is -2.35. The molecule has 1 atom stereocenters. The Bertz CT molecular complexity index is 750. The van der Waals surface area contributed by atoms with E-state index in [9.17, 15) is 18.0 Å². The first kappa shape index (κ1) is 20.3. The van der Waals surface area contributed by atoms with Crippen molar-refractivity contribution in [2.24, 2.45) is 0 Å². The van der Waals surface area contributed by atoms with Crippen LogP contribution in [-0.2, 0) is 30.8 Å². The average Bonchev–Trinajstić information content (AvgIpc) is 2.55. The fourth-order valence-corrected chi connectivity index (χ4v) is 3.42. The number of nitrogens with zero attached hydrogens (tertiary/aromatic N) is 3. The summed E-state index contributed by atoms with van der Waals surface area (Å²) in [6.07, 6.45) is 2.23. The maximum Gasteiger partial charge on any atom is 0.318 e. The second-order valence-corrected chi connectivity index (χ2v) is 8.25. The van der Waals surface area contributed by atoms with Gasteiger partial charge in [0.25, 0.3) is 0 Å². The topological polar surface area (TPSA) is 117 Å². The van der Waals surface area contributed by atoms with E-state index >= 15 is 0 Å². The lowest BCUT2D eigenvalue weighted by Crippen LogP contribution is -2.51. The van der Waals surface area contributed by atoms with Gasteiger partial charge in [-0.1, -0.05) is 6.07 Å². The maximum absolute atomic E-state index is 12.5. The SMILES string of the molecule is Cc1ccc(CC(=O)N2CCO[C@H](CN(CC(=O)O)S(C)(=O)=O)C2)cn1. The molecule has 1 amide bonds. The number of amides is 1. The number of rotatable bonds is 7. The summed E-state index contributed by atoms with van der Waals surface area (Å²) in [6, 6.07) is 3.68. The van der Waals surface area contributed by atoms with E-state index in [2.05, 4.69) is 4.98 Å². The van der Waals surface area contributed by atoms with E-state index in [1.807, 2.05) is 19.1 Å². The van der Waals surface area contributed by atoms with Crippen molar-refractivity contribution < 1.29 is 27.9 Å². The first-order valence-electron chi connectivity index (χ1n) is 8.13. The zero-order chi connectivity index (χ0) is 19.3. The average molecular weight is 385 g/mol. The number of aromatic nitrogens is 1. The number of ether oxygens (including phenoxy) is 1. The van der Waals surface area contributed by atoms with Gasteiger partial charge < -0.3 is 14.7 Å².